The summed E-state index contributed by atoms with van der Waals surface area (Å²) >= 11 is 0. The molecule has 0 aliphatic heterocycles. The third-order valence-electron chi connectivity index (χ3n) is 1.85. The second kappa shape index (κ2) is 4.34. The fraction of sp³-hybridized carbons (Fsp3) is 0.200. The summed E-state index contributed by atoms with van der Waals surface area (Å²) in [6.07, 6.45) is -2.60. The Morgan fingerprint density at radius 2 is 2.19 bits per heavy atom. The van der Waals surface area contributed by atoms with Crippen molar-refractivity contribution >= 4 is 12.0 Å². The number of nitrogens with zero attached hydrogens (tertiary/aromatic N) is 1. The fourth-order valence-corrected chi connectivity index (χ4v) is 1.09. The lowest BCUT2D eigenvalue weighted by molar-refractivity contribution is -0.137. The van der Waals surface area contributed by atoms with Gasteiger partial charge < -0.3 is 4.74 Å². The Labute approximate surface area is 89.6 Å². The Morgan fingerprint density at radius 3 is 2.62 bits per heavy atom. The van der Waals surface area contributed by atoms with Gasteiger partial charge in [0.2, 0.25) is 0 Å². The van der Waals surface area contributed by atoms with E-state index in [1.807, 2.05) is 0 Å². The zero-order chi connectivity index (χ0) is 12.3. The molecule has 0 aromatic carbocycles. The number of carbonyl (C=O) groups is 1. The lowest BCUT2D eigenvalue weighted by Gasteiger charge is -2.10. The summed E-state index contributed by atoms with van der Waals surface area (Å²) in [4.78, 5) is 14.6. The van der Waals surface area contributed by atoms with Crippen LogP contribution in [0.4, 0.5) is 13.2 Å². The molecule has 1 heterocycles. The van der Waals surface area contributed by atoms with E-state index in [1.165, 1.54) is 0 Å². The largest absolute Gasteiger partial charge is 0.464 e. The van der Waals surface area contributed by atoms with E-state index in [0.717, 1.165) is 19.4 Å². The number of aromatic nitrogens is 1. The van der Waals surface area contributed by atoms with Gasteiger partial charge >= 0.3 is 12.1 Å². The van der Waals surface area contributed by atoms with Crippen LogP contribution in [0.1, 0.15) is 21.6 Å². The van der Waals surface area contributed by atoms with Gasteiger partial charge in [-0.25, -0.2) is 9.78 Å². The van der Waals surface area contributed by atoms with Crippen molar-refractivity contribution in [1.82, 2.24) is 4.98 Å². The summed E-state index contributed by atoms with van der Waals surface area (Å²) in [5.41, 5.74) is -1.53. The van der Waals surface area contributed by atoms with Gasteiger partial charge in [0, 0.05) is 11.8 Å². The lowest BCUT2D eigenvalue weighted by Crippen LogP contribution is -2.12. The second-order valence-corrected chi connectivity index (χ2v) is 2.85. The van der Waals surface area contributed by atoms with E-state index < -0.39 is 17.7 Å². The zero-order valence-electron chi connectivity index (χ0n) is 8.34. The maximum Gasteiger partial charge on any atom is 0.417 e. The molecular weight excluding hydrogens is 223 g/mol. The number of pyridine rings is 1. The predicted octanol–water partition coefficient (Wildman–Crippen LogP) is 2.53. The highest BCUT2D eigenvalue weighted by Crippen LogP contribution is 2.32. The Kier molecular flexibility index (Phi) is 3.31. The first kappa shape index (κ1) is 12.2. The number of rotatable bonds is 2. The van der Waals surface area contributed by atoms with Gasteiger partial charge in [0.25, 0.3) is 0 Å². The van der Waals surface area contributed by atoms with Crippen molar-refractivity contribution in [3.8, 4) is 0 Å². The Bertz CT molecular complexity index is 427. The van der Waals surface area contributed by atoms with Crippen molar-refractivity contribution in [2.24, 2.45) is 0 Å². The standard InChI is InChI=1S/C10H8F3NO2/c1-3-6-5-14-8(9(15)16-2)4-7(6)10(11,12)13/h3-5H,1H2,2H3. The maximum absolute atomic E-state index is 12.6. The van der Waals surface area contributed by atoms with E-state index in [-0.39, 0.29) is 11.3 Å². The first-order valence-electron chi connectivity index (χ1n) is 4.18. The molecular formula is C10H8F3NO2. The molecule has 0 saturated heterocycles. The average Bonchev–Trinajstić information content (AvgIpc) is 2.26. The topological polar surface area (TPSA) is 39.2 Å². The van der Waals surface area contributed by atoms with Gasteiger partial charge in [-0.15, -0.1) is 0 Å². The van der Waals surface area contributed by atoms with Gasteiger partial charge in [-0.2, -0.15) is 13.2 Å². The van der Waals surface area contributed by atoms with E-state index in [2.05, 4.69) is 16.3 Å². The quantitative estimate of drug-likeness (QED) is 0.734. The second-order valence-electron chi connectivity index (χ2n) is 2.85. The predicted molar refractivity (Wildman–Crippen MR) is 50.7 cm³/mol. The summed E-state index contributed by atoms with van der Waals surface area (Å²) in [6.45, 7) is 3.24. The van der Waals surface area contributed by atoms with Gasteiger partial charge in [0.15, 0.2) is 0 Å². The molecule has 0 bridgehead atoms. The van der Waals surface area contributed by atoms with Crippen LogP contribution in [0.2, 0.25) is 0 Å². The summed E-state index contributed by atoms with van der Waals surface area (Å²) in [5, 5.41) is 0. The third-order valence-corrected chi connectivity index (χ3v) is 1.85. The molecule has 0 spiro atoms. The van der Waals surface area contributed by atoms with Gasteiger partial charge in [0.1, 0.15) is 5.69 Å². The SMILES string of the molecule is C=Cc1cnc(C(=O)OC)cc1C(F)(F)F. The van der Waals surface area contributed by atoms with E-state index in [0.29, 0.717) is 6.07 Å². The summed E-state index contributed by atoms with van der Waals surface area (Å²) in [6, 6.07) is 0.642. The van der Waals surface area contributed by atoms with Gasteiger partial charge in [-0.1, -0.05) is 12.7 Å². The minimum Gasteiger partial charge on any atom is -0.464 e. The molecule has 0 fully saturated rings. The van der Waals surface area contributed by atoms with Crippen LogP contribution in [-0.4, -0.2) is 18.1 Å². The van der Waals surface area contributed by atoms with E-state index in [1.54, 1.807) is 0 Å². The fourth-order valence-electron chi connectivity index (χ4n) is 1.09. The van der Waals surface area contributed by atoms with Crippen LogP contribution in [0, 0.1) is 0 Å². The van der Waals surface area contributed by atoms with Crippen LogP contribution in [0.5, 0.6) is 0 Å². The molecule has 6 heteroatoms. The first-order valence-corrected chi connectivity index (χ1v) is 4.18. The van der Waals surface area contributed by atoms with Crippen molar-refractivity contribution in [2.45, 2.75) is 6.18 Å². The number of ether oxygens (including phenoxy) is 1. The molecule has 3 nitrogen and oxygen atoms in total. The number of carbonyl (C=O) groups excluding carboxylic acids is 1. The third kappa shape index (κ3) is 2.39. The Balaban J connectivity index is 3.33. The number of esters is 1. The highest BCUT2D eigenvalue weighted by molar-refractivity contribution is 5.87. The molecule has 0 aliphatic rings. The number of halogens is 3. The molecule has 0 radical (unpaired) electrons. The van der Waals surface area contributed by atoms with Crippen molar-refractivity contribution in [2.75, 3.05) is 7.11 Å². The van der Waals surface area contributed by atoms with Crippen LogP contribution in [0.25, 0.3) is 6.08 Å². The molecule has 86 valence electrons. The normalized spacial score (nSPS) is 11.0. The lowest BCUT2D eigenvalue weighted by atomic mass is 10.1. The number of methoxy groups -OCH3 is 1. The Hall–Kier alpha value is -1.85. The van der Waals surface area contributed by atoms with Gasteiger partial charge in [-0.05, 0) is 6.07 Å². The van der Waals surface area contributed by atoms with Gasteiger partial charge in [0.05, 0.1) is 12.7 Å². The molecule has 0 aliphatic carbocycles. The van der Waals surface area contributed by atoms with E-state index in [9.17, 15) is 18.0 Å². The molecule has 0 saturated carbocycles. The van der Waals surface area contributed by atoms with Crippen molar-refractivity contribution in [1.29, 1.82) is 0 Å². The molecule has 0 amide bonds. The molecule has 0 atom stereocenters. The number of alkyl halides is 3. The smallest absolute Gasteiger partial charge is 0.417 e. The van der Waals surface area contributed by atoms with Crippen LogP contribution in [0.3, 0.4) is 0 Å². The van der Waals surface area contributed by atoms with E-state index in [4.69, 9.17) is 0 Å². The Morgan fingerprint density at radius 1 is 1.56 bits per heavy atom. The molecule has 1 aromatic heterocycles. The zero-order valence-corrected chi connectivity index (χ0v) is 8.34. The number of hydrogen-bond acceptors (Lipinski definition) is 3. The van der Waals surface area contributed by atoms with Gasteiger partial charge in [-0.3, -0.25) is 0 Å². The molecule has 1 aromatic rings. The van der Waals surface area contributed by atoms with E-state index >= 15 is 0 Å². The number of hydrogen-bond donors (Lipinski definition) is 0. The minimum atomic E-state index is -4.56. The monoisotopic (exact) mass is 231 g/mol. The maximum atomic E-state index is 12.6. The molecule has 0 unspecified atom stereocenters. The molecule has 0 N–H and O–H groups in total. The summed E-state index contributed by atoms with van der Waals surface area (Å²) in [7, 11) is 1.07. The first-order chi connectivity index (χ1) is 7.40. The molecule has 16 heavy (non-hydrogen) atoms. The van der Waals surface area contributed by atoms with Crippen molar-refractivity contribution < 1.29 is 22.7 Å². The summed E-state index contributed by atoms with van der Waals surface area (Å²) in [5.74, 6) is -0.916. The minimum absolute atomic E-state index is 0.180. The van der Waals surface area contributed by atoms with Crippen LogP contribution >= 0.6 is 0 Å². The highest BCUT2D eigenvalue weighted by Gasteiger charge is 2.33. The van der Waals surface area contributed by atoms with Crippen LogP contribution < -0.4 is 0 Å². The van der Waals surface area contributed by atoms with Crippen LogP contribution in [0.15, 0.2) is 18.8 Å². The molecule has 1 rings (SSSR count). The van der Waals surface area contributed by atoms with Crippen LogP contribution in [-0.2, 0) is 10.9 Å². The van der Waals surface area contributed by atoms with Crippen molar-refractivity contribution in [3.05, 3.63) is 35.7 Å². The summed E-state index contributed by atoms with van der Waals surface area (Å²) < 4.78 is 41.9. The highest BCUT2D eigenvalue weighted by atomic mass is 19.4. The van der Waals surface area contributed by atoms with Crippen molar-refractivity contribution in [3.63, 3.8) is 0 Å². The average molecular weight is 231 g/mol.